The maximum absolute atomic E-state index is 12.2. The molecular formula is C12H18ClNO4S2. The van der Waals surface area contributed by atoms with Crippen LogP contribution >= 0.6 is 11.6 Å². The van der Waals surface area contributed by atoms with E-state index in [2.05, 4.69) is 0 Å². The van der Waals surface area contributed by atoms with Gasteiger partial charge in [-0.25, -0.2) is 16.8 Å². The lowest BCUT2D eigenvalue weighted by Gasteiger charge is -2.16. The topological polar surface area (TPSA) is 71.5 Å². The zero-order valence-corrected chi connectivity index (χ0v) is 13.8. The molecule has 0 heterocycles. The summed E-state index contributed by atoms with van der Waals surface area (Å²) in [6, 6.07) is 6.43. The standard InChI is InChI=1S/C12H18ClNO4S2/c1-14(9-10-19(2,15)16)20(17,18)12-5-3-11(4-6-12)7-8-13/h3-6H,7-10H2,1-2H3. The monoisotopic (exact) mass is 339 g/mol. The number of rotatable bonds is 7. The fourth-order valence-electron chi connectivity index (χ4n) is 1.53. The average Bonchev–Trinajstić information content (AvgIpc) is 2.36. The fraction of sp³-hybridized carbons (Fsp3) is 0.500. The van der Waals surface area contributed by atoms with Gasteiger partial charge in [0.15, 0.2) is 0 Å². The van der Waals surface area contributed by atoms with Crippen LogP contribution in [0, 0.1) is 0 Å². The number of halogens is 1. The van der Waals surface area contributed by atoms with Crippen LogP contribution in [0.3, 0.4) is 0 Å². The molecule has 0 bridgehead atoms. The van der Waals surface area contributed by atoms with Gasteiger partial charge in [-0.1, -0.05) is 12.1 Å². The molecule has 0 aliphatic rings. The van der Waals surface area contributed by atoms with Crippen LogP contribution in [0.5, 0.6) is 0 Å². The molecule has 0 atom stereocenters. The average molecular weight is 340 g/mol. The number of alkyl halides is 1. The summed E-state index contributed by atoms with van der Waals surface area (Å²) < 4.78 is 47.7. The second-order valence-corrected chi connectivity index (χ2v) is 9.22. The Kier molecular flexibility index (Phi) is 6.00. The van der Waals surface area contributed by atoms with Gasteiger partial charge < -0.3 is 0 Å². The first-order valence-electron chi connectivity index (χ1n) is 5.96. The van der Waals surface area contributed by atoms with Crippen molar-refractivity contribution < 1.29 is 16.8 Å². The summed E-state index contributed by atoms with van der Waals surface area (Å²) in [6.07, 6.45) is 1.75. The molecule has 0 unspecified atom stereocenters. The van der Waals surface area contributed by atoms with Crippen molar-refractivity contribution in [3.8, 4) is 0 Å². The fourth-order valence-corrected chi connectivity index (χ4v) is 3.64. The number of benzene rings is 1. The quantitative estimate of drug-likeness (QED) is 0.698. The minimum Gasteiger partial charge on any atom is -0.229 e. The highest BCUT2D eigenvalue weighted by atomic mass is 35.5. The minimum atomic E-state index is -3.66. The molecule has 114 valence electrons. The highest BCUT2D eigenvalue weighted by molar-refractivity contribution is 7.91. The van der Waals surface area contributed by atoms with Crippen molar-refractivity contribution in [1.29, 1.82) is 0 Å². The Hall–Kier alpha value is -0.630. The molecule has 0 saturated heterocycles. The van der Waals surface area contributed by atoms with Crippen molar-refractivity contribution in [2.24, 2.45) is 0 Å². The van der Waals surface area contributed by atoms with Crippen molar-refractivity contribution in [3.05, 3.63) is 29.8 Å². The minimum absolute atomic E-state index is 0.0649. The molecule has 0 fully saturated rings. The molecule has 0 spiro atoms. The molecule has 0 saturated carbocycles. The van der Waals surface area contributed by atoms with Crippen LogP contribution in [0.4, 0.5) is 0 Å². The van der Waals surface area contributed by atoms with Gasteiger partial charge in [0.05, 0.1) is 10.6 Å². The molecule has 1 aromatic carbocycles. The van der Waals surface area contributed by atoms with Gasteiger partial charge in [-0.3, -0.25) is 0 Å². The smallest absolute Gasteiger partial charge is 0.229 e. The predicted octanol–water partition coefficient (Wildman–Crippen LogP) is 1.13. The van der Waals surface area contributed by atoms with E-state index in [9.17, 15) is 16.8 Å². The van der Waals surface area contributed by atoms with E-state index < -0.39 is 19.9 Å². The van der Waals surface area contributed by atoms with E-state index in [0.717, 1.165) is 16.1 Å². The van der Waals surface area contributed by atoms with Gasteiger partial charge in [0, 0.05) is 25.7 Å². The summed E-state index contributed by atoms with van der Waals surface area (Å²) in [5, 5.41) is 0. The van der Waals surface area contributed by atoms with Crippen molar-refractivity contribution >= 4 is 31.5 Å². The summed E-state index contributed by atoms with van der Waals surface area (Å²) in [5.74, 6) is 0.271. The number of sulfone groups is 1. The van der Waals surface area contributed by atoms with Crippen LogP contribution in [-0.2, 0) is 26.3 Å². The van der Waals surface area contributed by atoms with Crippen LogP contribution < -0.4 is 0 Å². The molecule has 0 aliphatic heterocycles. The van der Waals surface area contributed by atoms with E-state index in [-0.39, 0.29) is 17.2 Å². The van der Waals surface area contributed by atoms with E-state index in [4.69, 9.17) is 11.6 Å². The maximum atomic E-state index is 12.2. The molecule has 0 amide bonds. The summed E-state index contributed by atoms with van der Waals surface area (Å²) in [5.41, 5.74) is 0.956. The highest BCUT2D eigenvalue weighted by Gasteiger charge is 2.21. The van der Waals surface area contributed by atoms with Crippen LogP contribution in [-0.4, -0.2) is 52.6 Å². The number of sulfonamides is 1. The molecule has 1 aromatic rings. The lowest BCUT2D eigenvalue weighted by molar-refractivity contribution is 0.485. The van der Waals surface area contributed by atoms with Gasteiger partial charge in [0.2, 0.25) is 10.0 Å². The highest BCUT2D eigenvalue weighted by Crippen LogP contribution is 2.15. The van der Waals surface area contributed by atoms with Crippen molar-refractivity contribution in [2.75, 3.05) is 31.5 Å². The second kappa shape index (κ2) is 6.89. The summed E-state index contributed by atoms with van der Waals surface area (Å²) in [6.45, 7) is -0.0649. The Morgan fingerprint density at radius 3 is 2.10 bits per heavy atom. The first kappa shape index (κ1) is 17.4. The lowest BCUT2D eigenvalue weighted by atomic mass is 10.2. The summed E-state index contributed by atoms with van der Waals surface area (Å²) in [7, 11) is -5.49. The molecule has 0 aliphatic carbocycles. The largest absolute Gasteiger partial charge is 0.242 e. The lowest BCUT2D eigenvalue weighted by Crippen LogP contribution is -2.31. The zero-order chi connectivity index (χ0) is 15.4. The van der Waals surface area contributed by atoms with Gasteiger partial charge in [-0.2, -0.15) is 4.31 Å². The summed E-state index contributed by atoms with van der Waals surface area (Å²) in [4.78, 5) is 0.145. The van der Waals surface area contributed by atoms with E-state index >= 15 is 0 Å². The number of hydrogen-bond donors (Lipinski definition) is 0. The van der Waals surface area contributed by atoms with Crippen LogP contribution in [0.1, 0.15) is 5.56 Å². The van der Waals surface area contributed by atoms with Crippen LogP contribution in [0.2, 0.25) is 0 Å². The van der Waals surface area contributed by atoms with Gasteiger partial charge in [-0.05, 0) is 24.1 Å². The van der Waals surface area contributed by atoms with Gasteiger partial charge in [0.1, 0.15) is 9.84 Å². The third-order valence-corrected chi connectivity index (χ3v) is 5.78. The first-order valence-corrected chi connectivity index (χ1v) is 9.99. The van der Waals surface area contributed by atoms with Gasteiger partial charge in [0.25, 0.3) is 0 Å². The molecule has 5 nitrogen and oxygen atoms in total. The normalized spacial score (nSPS) is 12.8. The zero-order valence-electron chi connectivity index (χ0n) is 11.4. The number of nitrogens with zero attached hydrogens (tertiary/aromatic N) is 1. The second-order valence-electron chi connectivity index (χ2n) is 4.54. The van der Waals surface area contributed by atoms with E-state index in [1.807, 2.05) is 0 Å². The van der Waals surface area contributed by atoms with Gasteiger partial charge >= 0.3 is 0 Å². The van der Waals surface area contributed by atoms with E-state index in [0.29, 0.717) is 12.3 Å². The predicted molar refractivity (Wildman–Crippen MR) is 80.4 cm³/mol. The maximum Gasteiger partial charge on any atom is 0.242 e. The molecule has 8 heteroatoms. The summed E-state index contributed by atoms with van der Waals surface area (Å²) >= 11 is 5.62. The van der Waals surface area contributed by atoms with Gasteiger partial charge in [-0.15, -0.1) is 11.6 Å². The number of aryl methyl sites for hydroxylation is 1. The molecule has 20 heavy (non-hydrogen) atoms. The third-order valence-electron chi connectivity index (χ3n) is 2.79. The SMILES string of the molecule is CN(CCS(C)(=O)=O)S(=O)(=O)c1ccc(CCCl)cc1. The first-order chi connectivity index (χ1) is 9.16. The molecular weight excluding hydrogens is 322 g/mol. The van der Waals surface area contributed by atoms with Crippen molar-refractivity contribution in [3.63, 3.8) is 0 Å². The van der Waals surface area contributed by atoms with Crippen molar-refractivity contribution in [1.82, 2.24) is 4.31 Å². The van der Waals surface area contributed by atoms with Crippen LogP contribution in [0.25, 0.3) is 0 Å². The molecule has 0 radical (unpaired) electrons. The van der Waals surface area contributed by atoms with Crippen LogP contribution in [0.15, 0.2) is 29.2 Å². The molecule has 0 aromatic heterocycles. The Labute approximate surface area is 125 Å². The Bertz CT molecular complexity index is 639. The van der Waals surface area contributed by atoms with E-state index in [1.54, 1.807) is 12.1 Å². The Balaban J connectivity index is 2.87. The molecule has 0 N–H and O–H groups in total. The van der Waals surface area contributed by atoms with E-state index in [1.165, 1.54) is 19.2 Å². The Morgan fingerprint density at radius 1 is 1.10 bits per heavy atom. The van der Waals surface area contributed by atoms with Crippen molar-refractivity contribution in [2.45, 2.75) is 11.3 Å². The molecule has 1 rings (SSSR count). The third kappa shape index (κ3) is 5.05. The Morgan fingerprint density at radius 2 is 1.65 bits per heavy atom. The number of hydrogen-bond acceptors (Lipinski definition) is 4.